The van der Waals surface area contributed by atoms with E-state index in [2.05, 4.69) is 34.5 Å². The van der Waals surface area contributed by atoms with Crippen molar-refractivity contribution in [2.75, 3.05) is 6.26 Å². The van der Waals surface area contributed by atoms with Crippen LogP contribution in [0.4, 0.5) is 0 Å². The first-order valence-electron chi connectivity index (χ1n) is 5.75. The Morgan fingerprint density at radius 1 is 0.778 bits per heavy atom. The fourth-order valence-electron chi connectivity index (χ4n) is 2.04. The van der Waals surface area contributed by atoms with Gasteiger partial charge < -0.3 is 0 Å². The molecule has 0 amide bonds. The van der Waals surface area contributed by atoms with Gasteiger partial charge in [-0.15, -0.1) is 22.0 Å². The van der Waals surface area contributed by atoms with Gasteiger partial charge >= 0.3 is 0 Å². The van der Waals surface area contributed by atoms with Crippen LogP contribution < -0.4 is 0 Å². The first-order valence-corrected chi connectivity index (χ1v) is 6.97. The third-order valence-corrected chi connectivity index (χ3v) is 3.58. The lowest BCUT2D eigenvalue weighted by Crippen LogP contribution is -1.92. The summed E-state index contributed by atoms with van der Waals surface area (Å²) < 4.78 is 0. The highest BCUT2D eigenvalue weighted by atomic mass is 32.2. The highest BCUT2D eigenvalue weighted by molar-refractivity contribution is 7.98. The highest BCUT2D eigenvalue weighted by Crippen LogP contribution is 2.30. The fraction of sp³-hybridized carbons (Fsp3) is 0.0667. The van der Waals surface area contributed by atoms with Gasteiger partial charge in [0.1, 0.15) is 10.7 Å². The molecule has 0 bridgehead atoms. The van der Waals surface area contributed by atoms with Gasteiger partial charge in [0.2, 0.25) is 0 Å². The molecule has 0 fully saturated rings. The van der Waals surface area contributed by atoms with Gasteiger partial charge in [-0.25, -0.2) is 0 Å². The number of nitrogens with zero attached hydrogens (tertiary/aromatic N) is 2. The summed E-state index contributed by atoms with van der Waals surface area (Å²) in [4.78, 5) is 0. The lowest BCUT2D eigenvalue weighted by Gasteiger charge is -2.07. The highest BCUT2D eigenvalue weighted by Gasteiger charge is 2.09. The topological polar surface area (TPSA) is 25.8 Å². The second-order valence-electron chi connectivity index (χ2n) is 3.97. The van der Waals surface area contributed by atoms with Crippen LogP contribution in [-0.2, 0) is 0 Å². The van der Waals surface area contributed by atoms with Gasteiger partial charge in [0.05, 0.1) is 0 Å². The molecule has 2 aromatic carbocycles. The van der Waals surface area contributed by atoms with Crippen LogP contribution in [-0.4, -0.2) is 16.5 Å². The molecule has 1 aromatic heterocycles. The van der Waals surface area contributed by atoms with E-state index in [-0.39, 0.29) is 0 Å². The summed E-state index contributed by atoms with van der Waals surface area (Å²) in [6, 6.07) is 18.5. The number of aromatic nitrogens is 2. The SMILES string of the molecule is CSc1nnc(-c2ccccc2)c2ccccc12. The molecular weight excluding hydrogens is 240 g/mol. The summed E-state index contributed by atoms with van der Waals surface area (Å²) in [6.07, 6.45) is 2.03. The van der Waals surface area contributed by atoms with Crippen molar-refractivity contribution in [3.05, 3.63) is 54.6 Å². The lowest BCUT2D eigenvalue weighted by molar-refractivity contribution is 0.963. The van der Waals surface area contributed by atoms with Gasteiger partial charge in [-0.1, -0.05) is 54.6 Å². The van der Waals surface area contributed by atoms with Crippen molar-refractivity contribution in [1.29, 1.82) is 0 Å². The van der Waals surface area contributed by atoms with E-state index in [1.807, 2.05) is 36.6 Å². The number of rotatable bonds is 2. The van der Waals surface area contributed by atoms with Gasteiger partial charge in [0, 0.05) is 16.3 Å². The standard InChI is InChI=1S/C15H12N2S/c1-18-15-13-10-6-5-9-12(13)14(16-17-15)11-7-3-2-4-8-11/h2-10H,1H3. The van der Waals surface area contributed by atoms with E-state index in [0.717, 1.165) is 21.7 Å². The Morgan fingerprint density at radius 3 is 2.17 bits per heavy atom. The Hall–Kier alpha value is -1.87. The molecule has 0 spiro atoms. The van der Waals surface area contributed by atoms with Crippen LogP contribution in [0.1, 0.15) is 0 Å². The van der Waals surface area contributed by atoms with E-state index in [9.17, 15) is 0 Å². The molecular formula is C15H12N2S. The molecule has 3 aromatic rings. The van der Waals surface area contributed by atoms with Gasteiger partial charge in [0.15, 0.2) is 0 Å². The number of fused-ring (bicyclic) bond motifs is 1. The molecule has 1 heterocycles. The van der Waals surface area contributed by atoms with E-state index >= 15 is 0 Å². The molecule has 88 valence electrons. The molecule has 0 saturated carbocycles. The minimum absolute atomic E-state index is 0.948. The average molecular weight is 252 g/mol. The summed E-state index contributed by atoms with van der Waals surface area (Å²) in [7, 11) is 0. The zero-order chi connectivity index (χ0) is 12.4. The van der Waals surface area contributed by atoms with Crippen molar-refractivity contribution < 1.29 is 0 Å². The second kappa shape index (κ2) is 4.78. The molecule has 3 rings (SSSR count). The molecule has 0 N–H and O–H groups in total. The zero-order valence-electron chi connectivity index (χ0n) is 10.00. The van der Waals surface area contributed by atoms with Gasteiger partial charge in [0.25, 0.3) is 0 Å². The first-order chi connectivity index (χ1) is 8.90. The number of benzene rings is 2. The van der Waals surface area contributed by atoms with E-state index < -0.39 is 0 Å². The minimum atomic E-state index is 0.948. The van der Waals surface area contributed by atoms with E-state index in [1.165, 1.54) is 5.39 Å². The number of hydrogen-bond acceptors (Lipinski definition) is 3. The normalized spacial score (nSPS) is 10.7. The average Bonchev–Trinajstić information content (AvgIpc) is 2.47. The predicted octanol–water partition coefficient (Wildman–Crippen LogP) is 4.02. The van der Waals surface area contributed by atoms with Gasteiger partial charge in [-0.2, -0.15) is 0 Å². The van der Waals surface area contributed by atoms with Crippen LogP contribution in [0.25, 0.3) is 22.0 Å². The first kappa shape index (κ1) is 11.2. The van der Waals surface area contributed by atoms with Crippen molar-refractivity contribution in [2.24, 2.45) is 0 Å². The van der Waals surface area contributed by atoms with Gasteiger partial charge in [-0.05, 0) is 6.26 Å². The minimum Gasteiger partial charge on any atom is -0.149 e. The fourth-order valence-corrected chi connectivity index (χ4v) is 2.56. The third-order valence-electron chi connectivity index (χ3n) is 2.89. The summed E-state index contributed by atoms with van der Waals surface area (Å²) in [6.45, 7) is 0. The van der Waals surface area contributed by atoms with E-state index in [0.29, 0.717) is 0 Å². The van der Waals surface area contributed by atoms with Crippen LogP contribution >= 0.6 is 11.8 Å². The van der Waals surface area contributed by atoms with Crippen LogP contribution in [0.3, 0.4) is 0 Å². The molecule has 3 heteroatoms. The number of thioether (sulfide) groups is 1. The molecule has 2 nitrogen and oxygen atoms in total. The summed E-state index contributed by atoms with van der Waals surface area (Å²) in [5, 5.41) is 12.0. The Bertz CT molecular complexity index is 680. The summed E-state index contributed by atoms with van der Waals surface area (Å²) in [5.41, 5.74) is 2.05. The Morgan fingerprint density at radius 2 is 1.44 bits per heavy atom. The second-order valence-corrected chi connectivity index (χ2v) is 4.76. The largest absolute Gasteiger partial charge is 0.149 e. The Balaban J connectivity index is 2.32. The zero-order valence-corrected chi connectivity index (χ0v) is 10.8. The summed E-state index contributed by atoms with van der Waals surface area (Å²) in [5.74, 6) is 0. The van der Waals surface area contributed by atoms with Crippen molar-refractivity contribution >= 4 is 22.5 Å². The third kappa shape index (κ3) is 1.87. The van der Waals surface area contributed by atoms with Crippen molar-refractivity contribution in [3.63, 3.8) is 0 Å². The van der Waals surface area contributed by atoms with Crippen LogP contribution in [0.5, 0.6) is 0 Å². The maximum absolute atomic E-state index is 4.38. The molecule has 18 heavy (non-hydrogen) atoms. The Kier molecular flexibility index (Phi) is 2.99. The smallest absolute Gasteiger partial charge is 0.126 e. The summed E-state index contributed by atoms with van der Waals surface area (Å²) >= 11 is 1.63. The molecule has 0 aliphatic rings. The maximum Gasteiger partial charge on any atom is 0.126 e. The number of hydrogen-bond donors (Lipinski definition) is 0. The Labute approximate surface area is 110 Å². The van der Waals surface area contributed by atoms with E-state index in [1.54, 1.807) is 11.8 Å². The monoisotopic (exact) mass is 252 g/mol. The molecule has 0 saturated heterocycles. The lowest BCUT2D eigenvalue weighted by atomic mass is 10.1. The van der Waals surface area contributed by atoms with Crippen LogP contribution in [0.15, 0.2) is 59.6 Å². The molecule has 0 aliphatic heterocycles. The van der Waals surface area contributed by atoms with E-state index in [4.69, 9.17) is 0 Å². The maximum atomic E-state index is 4.38. The van der Waals surface area contributed by atoms with Crippen LogP contribution in [0, 0.1) is 0 Å². The molecule has 0 aliphatic carbocycles. The predicted molar refractivity (Wildman–Crippen MR) is 76.8 cm³/mol. The molecule has 0 unspecified atom stereocenters. The van der Waals surface area contributed by atoms with Crippen molar-refractivity contribution in [3.8, 4) is 11.3 Å². The van der Waals surface area contributed by atoms with Crippen molar-refractivity contribution in [1.82, 2.24) is 10.2 Å². The quantitative estimate of drug-likeness (QED) is 0.644. The van der Waals surface area contributed by atoms with Crippen molar-refractivity contribution in [2.45, 2.75) is 5.03 Å². The van der Waals surface area contributed by atoms with Crippen LogP contribution in [0.2, 0.25) is 0 Å². The molecule has 0 atom stereocenters. The van der Waals surface area contributed by atoms with Gasteiger partial charge in [-0.3, -0.25) is 0 Å². The molecule has 0 radical (unpaired) electrons.